The van der Waals surface area contributed by atoms with E-state index in [1.54, 1.807) is 0 Å². The number of nitrogens with zero attached hydrogens (tertiary/aromatic N) is 1. The lowest BCUT2D eigenvalue weighted by Gasteiger charge is -2.15. The summed E-state index contributed by atoms with van der Waals surface area (Å²) in [4.78, 5) is 16.1. The number of ether oxygens (including phenoxy) is 1. The molecule has 0 aliphatic heterocycles. The monoisotopic (exact) mass is 380 g/mol. The minimum Gasteiger partial charge on any atom is -0.480 e. The Labute approximate surface area is 154 Å². The van der Waals surface area contributed by atoms with Crippen molar-refractivity contribution in [3.63, 3.8) is 0 Å². The molecule has 1 aliphatic rings. The maximum Gasteiger partial charge on any atom is 0.573 e. The minimum atomic E-state index is -4.75. The van der Waals surface area contributed by atoms with Crippen LogP contribution in [0.1, 0.15) is 28.9 Å². The van der Waals surface area contributed by atoms with Crippen LogP contribution in [-0.2, 0) is 30.6 Å². The quantitative estimate of drug-likeness (QED) is 0.772. The Kier molecular flexibility index (Phi) is 5.65. The minimum absolute atomic E-state index is 0.132. The molecule has 1 atom stereocenters. The summed E-state index contributed by atoms with van der Waals surface area (Å²) in [7, 11) is 0. The van der Waals surface area contributed by atoms with Gasteiger partial charge in [0.1, 0.15) is 11.8 Å². The number of carbonyl (C=O) groups is 1. The fourth-order valence-electron chi connectivity index (χ4n) is 3.10. The number of aryl methyl sites for hydroxylation is 2. The highest BCUT2D eigenvalue weighted by atomic mass is 19.4. The number of nitrogens with one attached hydrogen (secondary N) is 1. The number of hydrogen-bond donors (Lipinski definition) is 2. The largest absolute Gasteiger partial charge is 0.573 e. The lowest BCUT2D eigenvalue weighted by molar-refractivity contribution is -0.274. The first kappa shape index (κ1) is 19.2. The number of rotatable bonds is 7. The lowest BCUT2D eigenvalue weighted by atomic mass is 10.1. The average Bonchev–Trinajstić information content (AvgIpc) is 3.06. The Morgan fingerprint density at radius 3 is 2.59 bits per heavy atom. The molecule has 2 aromatic rings. The first-order valence-corrected chi connectivity index (χ1v) is 8.59. The van der Waals surface area contributed by atoms with E-state index < -0.39 is 18.4 Å². The van der Waals surface area contributed by atoms with Crippen LogP contribution in [0.5, 0.6) is 5.75 Å². The SMILES string of the molecule is O=C(O)C(Cc1ccc(OC(F)(F)F)cc1)NCc1ccc2c(n1)CCC2. The molecule has 2 N–H and O–H groups in total. The zero-order valence-corrected chi connectivity index (χ0v) is 14.4. The first-order valence-electron chi connectivity index (χ1n) is 8.59. The van der Waals surface area contributed by atoms with E-state index in [1.807, 2.05) is 12.1 Å². The van der Waals surface area contributed by atoms with Gasteiger partial charge in [-0.2, -0.15) is 0 Å². The summed E-state index contributed by atoms with van der Waals surface area (Å²) in [5, 5.41) is 12.4. The van der Waals surface area contributed by atoms with Gasteiger partial charge in [-0.3, -0.25) is 15.1 Å². The third-order valence-electron chi connectivity index (χ3n) is 4.41. The van der Waals surface area contributed by atoms with Gasteiger partial charge >= 0.3 is 12.3 Å². The summed E-state index contributed by atoms with van der Waals surface area (Å²) in [5.41, 5.74) is 3.68. The lowest BCUT2D eigenvalue weighted by Crippen LogP contribution is -2.38. The van der Waals surface area contributed by atoms with Crippen molar-refractivity contribution in [3.8, 4) is 5.75 Å². The molecule has 1 unspecified atom stereocenters. The molecule has 5 nitrogen and oxygen atoms in total. The zero-order chi connectivity index (χ0) is 19.4. The topological polar surface area (TPSA) is 71.5 Å². The van der Waals surface area contributed by atoms with Crippen LogP contribution in [0.2, 0.25) is 0 Å². The molecule has 0 fully saturated rings. The van der Waals surface area contributed by atoms with Crippen LogP contribution in [-0.4, -0.2) is 28.5 Å². The van der Waals surface area contributed by atoms with E-state index in [-0.39, 0.29) is 12.2 Å². The Hall–Kier alpha value is -2.61. The van der Waals surface area contributed by atoms with Gasteiger partial charge in [0, 0.05) is 12.2 Å². The Morgan fingerprint density at radius 1 is 1.19 bits per heavy atom. The molecule has 1 aromatic carbocycles. The Balaban J connectivity index is 1.60. The number of halogens is 3. The van der Waals surface area contributed by atoms with E-state index in [4.69, 9.17) is 0 Å². The summed E-state index contributed by atoms with van der Waals surface area (Å²) >= 11 is 0. The van der Waals surface area contributed by atoms with Gasteiger partial charge in [0.05, 0.1) is 5.69 Å². The molecule has 1 heterocycles. The maximum absolute atomic E-state index is 12.2. The molecular formula is C19H19F3N2O3. The van der Waals surface area contributed by atoms with Gasteiger partial charge in [-0.05, 0) is 55.0 Å². The highest BCUT2D eigenvalue weighted by molar-refractivity contribution is 5.73. The number of carboxylic acids is 1. The van der Waals surface area contributed by atoms with E-state index in [1.165, 1.54) is 29.8 Å². The molecule has 1 aliphatic carbocycles. The molecule has 144 valence electrons. The molecular weight excluding hydrogens is 361 g/mol. The molecule has 27 heavy (non-hydrogen) atoms. The van der Waals surface area contributed by atoms with Crippen molar-refractivity contribution < 1.29 is 27.8 Å². The number of hydrogen-bond acceptors (Lipinski definition) is 4. The number of aliphatic carboxylic acids is 1. The van der Waals surface area contributed by atoms with E-state index in [2.05, 4.69) is 15.0 Å². The summed E-state index contributed by atoms with van der Waals surface area (Å²) in [6, 6.07) is 8.22. The van der Waals surface area contributed by atoms with E-state index in [9.17, 15) is 23.1 Å². The number of alkyl halides is 3. The van der Waals surface area contributed by atoms with Gasteiger partial charge in [-0.1, -0.05) is 18.2 Å². The maximum atomic E-state index is 12.2. The molecule has 8 heteroatoms. The number of benzene rings is 1. The fourth-order valence-corrected chi connectivity index (χ4v) is 3.10. The highest BCUT2D eigenvalue weighted by Crippen LogP contribution is 2.23. The van der Waals surface area contributed by atoms with Crippen LogP contribution in [0.15, 0.2) is 36.4 Å². The molecule has 0 radical (unpaired) electrons. The van der Waals surface area contributed by atoms with Crippen LogP contribution >= 0.6 is 0 Å². The molecule has 1 aromatic heterocycles. The number of pyridine rings is 1. The second-order valence-electron chi connectivity index (χ2n) is 6.43. The second kappa shape index (κ2) is 7.96. The molecule has 0 bridgehead atoms. The smallest absolute Gasteiger partial charge is 0.480 e. The van der Waals surface area contributed by atoms with Gasteiger partial charge in [0.2, 0.25) is 0 Å². The van der Waals surface area contributed by atoms with Crippen LogP contribution in [0, 0.1) is 0 Å². The molecule has 3 rings (SSSR count). The van der Waals surface area contributed by atoms with Crippen molar-refractivity contribution in [1.29, 1.82) is 0 Å². The van der Waals surface area contributed by atoms with E-state index >= 15 is 0 Å². The predicted octanol–water partition coefficient (Wildman–Crippen LogP) is 3.25. The molecule has 0 saturated heterocycles. The summed E-state index contributed by atoms with van der Waals surface area (Å²) in [5.74, 6) is -1.37. The third-order valence-corrected chi connectivity index (χ3v) is 4.41. The van der Waals surface area contributed by atoms with Gasteiger partial charge in [-0.15, -0.1) is 13.2 Å². The molecule has 0 amide bonds. The van der Waals surface area contributed by atoms with Crippen molar-refractivity contribution in [2.75, 3.05) is 0 Å². The number of carboxylic acid groups (broad SMARTS) is 1. The normalized spacial score (nSPS) is 14.6. The van der Waals surface area contributed by atoms with Gasteiger partial charge in [0.25, 0.3) is 0 Å². The summed E-state index contributed by atoms with van der Waals surface area (Å²) in [6.07, 6.45) is -1.56. The van der Waals surface area contributed by atoms with Gasteiger partial charge in [0.15, 0.2) is 0 Å². The summed E-state index contributed by atoms with van der Waals surface area (Å²) < 4.78 is 40.4. The van der Waals surface area contributed by atoms with Crippen molar-refractivity contribution in [2.24, 2.45) is 0 Å². The van der Waals surface area contributed by atoms with Crippen molar-refractivity contribution in [1.82, 2.24) is 10.3 Å². The van der Waals surface area contributed by atoms with E-state index in [0.717, 1.165) is 30.7 Å². The van der Waals surface area contributed by atoms with Gasteiger partial charge in [-0.25, -0.2) is 0 Å². The van der Waals surface area contributed by atoms with Crippen molar-refractivity contribution in [3.05, 3.63) is 58.9 Å². The molecule has 0 saturated carbocycles. The number of aromatic nitrogens is 1. The third kappa shape index (κ3) is 5.43. The van der Waals surface area contributed by atoms with Crippen LogP contribution < -0.4 is 10.1 Å². The van der Waals surface area contributed by atoms with E-state index in [0.29, 0.717) is 12.1 Å². The second-order valence-corrected chi connectivity index (χ2v) is 6.43. The summed E-state index contributed by atoms with van der Waals surface area (Å²) in [6.45, 7) is 0.305. The first-order chi connectivity index (χ1) is 12.8. The van der Waals surface area contributed by atoms with Crippen molar-refractivity contribution in [2.45, 2.75) is 44.6 Å². The molecule has 0 spiro atoms. The van der Waals surface area contributed by atoms with Crippen molar-refractivity contribution >= 4 is 5.97 Å². The van der Waals surface area contributed by atoms with Crippen LogP contribution in [0.3, 0.4) is 0 Å². The average molecular weight is 380 g/mol. The Morgan fingerprint density at radius 2 is 1.93 bits per heavy atom. The Bertz CT molecular complexity index is 807. The predicted molar refractivity (Wildman–Crippen MR) is 91.4 cm³/mol. The van der Waals surface area contributed by atoms with Gasteiger partial charge < -0.3 is 9.84 Å². The standard InChI is InChI=1S/C19H19F3N2O3/c20-19(21,22)27-15-8-4-12(5-9-15)10-17(18(25)26)23-11-14-7-6-13-2-1-3-16(13)24-14/h4-9,17,23H,1-3,10-11H2,(H,25,26). The zero-order valence-electron chi connectivity index (χ0n) is 14.4. The number of fused-ring (bicyclic) bond motifs is 1. The fraction of sp³-hybridized carbons (Fsp3) is 0.368. The van der Waals surface area contributed by atoms with Crippen LogP contribution in [0.25, 0.3) is 0 Å². The van der Waals surface area contributed by atoms with Crippen LogP contribution in [0.4, 0.5) is 13.2 Å². The highest BCUT2D eigenvalue weighted by Gasteiger charge is 2.31.